The molecule has 0 spiro atoms. The molecule has 0 bridgehead atoms. The van der Waals surface area contributed by atoms with E-state index < -0.39 is 10.0 Å². The Morgan fingerprint density at radius 1 is 0.941 bits per heavy atom. The first-order chi connectivity index (χ1) is 16.3. The van der Waals surface area contributed by atoms with Crippen molar-refractivity contribution in [2.75, 3.05) is 32.7 Å². The van der Waals surface area contributed by atoms with Gasteiger partial charge in [0.1, 0.15) is 0 Å². The van der Waals surface area contributed by atoms with E-state index in [-0.39, 0.29) is 6.04 Å². The van der Waals surface area contributed by atoms with Crippen LogP contribution in [0, 0.1) is 20.8 Å². The summed E-state index contributed by atoms with van der Waals surface area (Å²) in [4.78, 5) is 9.51. The molecule has 1 aliphatic rings. The Kier molecular flexibility index (Phi) is 7.78. The first-order valence-electron chi connectivity index (χ1n) is 11.8. The average Bonchev–Trinajstić information content (AvgIpc) is 2.81. The second kappa shape index (κ2) is 10.8. The van der Waals surface area contributed by atoms with E-state index in [1.807, 2.05) is 57.3 Å². The van der Waals surface area contributed by atoms with Crippen LogP contribution in [0.25, 0.3) is 0 Å². The number of hydrogen-bond donors (Lipinski definition) is 1. The van der Waals surface area contributed by atoms with Gasteiger partial charge in [-0.25, -0.2) is 13.1 Å². The topological polar surface area (TPSA) is 65.5 Å². The zero-order chi connectivity index (χ0) is 24.1. The number of nitrogens with zero attached hydrogens (tertiary/aromatic N) is 3. The van der Waals surface area contributed by atoms with Crippen molar-refractivity contribution in [2.45, 2.75) is 38.3 Å². The summed E-state index contributed by atoms with van der Waals surface area (Å²) in [6.07, 6.45) is 3.60. The number of rotatable bonds is 8. The lowest BCUT2D eigenvalue weighted by Crippen LogP contribution is -2.49. The van der Waals surface area contributed by atoms with Crippen LogP contribution in [0.2, 0.25) is 0 Å². The summed E-state index contributed by atoms with van der Waals surface area (Å²) in [6, 6.07) is 18.2. The molecular weight excluding hydrogens is 444 g/mol. The molecule has 2 heterocycles. The number of pyridine rings is 1. The number of benzene rings is 2. The van der Waals surface area contributed by atoms with E-state index in [0.29, 0.717) is 11.4 Å². The van der Waals surface area contributed by atoms with Crippen LogP contribution in [0.15, 0.2) is 71.9 Å². The van der Waals surface area contributed by atoms with Crippen molar-refractivity contribution in [2.24, 2.45) is 0 Å². The number of sulfonamides is 1. The zero-order valence-electron chi connectivity index (χ0n) is 20.2. The molecule has 0 unspecified atom stereocenters. The van der Waals surface area contributed by atoms with Crippen LogP contribution in [-0.4, -0.2) is 55.9 Å². The highest BCUT2D eigenvalue weighted by molar-refractivity contribution is 7.89. The molecule has 0 aliphatic carbocycles. The van der Waals surface area contributed by atoms with Crippen molar-refractivity contribution < 1.29 is 8.42 Å². The number of aryl methyl sites for hydroxylation is 3. The molecule has 1 N–H and O–H groups in total. The minimum atomic E-state index is -3.64. The maximum absolute atomic E-state index is 13.3. The molecule has 1 aliphatic heterocycles. The molecule has 0 amide bonds. The molecule has 3 aromatic rings. The molecule has 4 rings (SSSR count). The standard InChI is InChI=1S/C27H34N4O2S/c1-21-16-22(2)27(23(3)17-21)34(32,33)29-19-26(25-10-7-11-28-18-25)31-14-12-30(13-15-31)20-24-8-5-4-6-9-24/h4-11,16-18,26,29H,12-15,19-20H2,1-3H3/t26-/m0/s1. The number of piperazine rings is 1. The molecule has 180 valence electrons. The molecule has 34 heavy (non-hydrogen) atoms. The minimum Gasteiger partial charge on any atom is -0.297 e. The lowest BCUT2D eigenvalue weighted by Gasteiger charge is -2.39. The van der Waals surface area contributed by atoms with E-state index >= 15 is 0 Å². The van der Waals surface area contributed by atoms with Gasteiger partial charge < -0.3 is 0 Å². The Morgan fingerprint density at radius 3 is 2.24 bits per heavy atom. The van der Waals surface area contributed by atoms with Crippen LogP contribution < -0.4 is 4.72 Å². The minimum absolute atomic E-state index is 0.0755. The predicted molar refractivity (Wildman–Crippen MR) is 136 cm³/mol. The fraction of sp³-hybridized carbons (Fsp3) is 0.370. The second-order valence-corrected chi connectivity index (χ2v) is 10.9. The fourth-order valence-electron chi connectivity index (χ4n) is 4.96. The number of aromatic nitrogens is 1. The smallest absolute Gasteiger partial charge is 0.241 e. The summed E-state index contributed by atoms with van der Waals surface area (Å²) in [7, 11) is -3.64. The summed E-state index contributed by atoms with van der Waals surface area (Å²) in [5.74, 6) is 0. The van der Waals surface area contributed by atoms with Crippen molar-refractivity contribution in [3.63, 3.8) is 0 Å². The molecular formula is C27H34N4O2S. The quantitative estimate of drug-likeness (QED) is 0.533. The average molecular weight is 479 g/mol. The van der Waals surface area contributed by atoms with Gasteiger partial charge in [-0.2, -0.15) is 0 Å². The van der Waals surface area contributed by atoms with Gasteiger partial charge in [0.25, 0.3) is 0 Å². The lowest BCUT2D eigenvalue weighted by atomic mass is 10.1. The molecule has 2 aromatic carbocycles. The highest BCUT2D eigenvalue weighted by atomic mass is 32.2. The Labute approximate surface area is 203 Å². The Hall–Kier alpha value is -2.58. The number of hydrogen-bond acceptors (Lipinski definition) is 5. The normalized spacial score (nSPS) is 16.4. The van der Waals surface area contributed by atoms with Crippen LogP contribution in [0.3, 0.4) is 0 Å². The highest BCUT2D eigenvalue weighted by Gasteiger charge is 2.28. The largest absolute Gasteiger partial charge is 0.297 e. The summed E-state index contributed by atoms with van der Waals surface area (Å²) in [5, 5.41) is 0. The molecule has 1 atom stereocenters. The molecule has 1 aromatic heterocycles. The Morgan fingerprint density at radius 2 is 1.62 bits per heavy atom. The van der Waals surface area contributed by atoms with Crippen LogP contribution in [0.1, 0.15) is 33.9 Å². The lowest BCUT2D eigenvalue weighted by molar-refractivity contribution is 0.0927. The van der Waals surface area contributed by atoms with Gasteiger partial charge in [0.15, 0.2) is 0 Å². The van der Waals surface area contributed by atoms with Gasteiger partial charge in [0.05, 0.1) is 4.90 Å². The molecule has 1 fully saturated rings. The second-order valence-electron chi connectivity index (χ2n) is 9.18. The zero-order valence-corrected chi connectivity index (χ0v) is 21.1. The fourth-order valence-corrected chi connectivity index (χ4v) is 6.44. The van der Waals surface area contributed by atoms with Crippen LogP contribution >= 0.6 is 0 Å². The van der Waals surface area contributed by atoms with E-state index in [1.165, 1.54) is 5.56 Å². The van der Waals surface area contributed by atoms with Gasteiger partial charge >= 0.3 is 0 Å². The summed E-state index contributed by atoms with van der Waals surface area (Å²) in [6.45, 7) is 10.6. The predicted octanol–water partition coefficient (Wildman–Crippen LogP) is 3.84. The molecule has 1 saturated heterocycles. The van der Waals surface area contributed by atoms with Gasteiger partial charge in [0.2, 0.25) is 10.0 Å². The van der Waals surface area contributed by atoms with Crippen molar-refractivity contribution in [1.82, 2.24) is 19.5 Å². The molecule has 6 nitrogen and oxygen atoms in total. The van der Waals surface area contributed by atoms with E-state index in [2.05, 4.69) is 43.8 Å². The van der Waals surface area contributed by atoms with E-state index in [1.54, 1.807) is 6.20 Å². The van der Waals surface area contributed by atoms with Crippen molar-refractivity contribution >= 4 is 10.0 Å². The molecule has 0 saturated carbocycles. The number of nitrogens with one attached hydrogen (secondary N) is 1. The molecule has 7 heteroatoms. The molecule has 0 radical (unpaired) electrons. The third-order valence-corrected chi connectivity index (χ3v) is 8.23. The summed E-state index contributed by atoms with van der Waals surface area (Å²) < 4.78 is 29.5. The van der Waals surface area contributed by atoms with Crippen LogP contribution in [-0.2, 0) is 16.6 Å². The summed E-state index contributed by atoms with van der Waals surface area (Å²) in [5.41, 5.74) is 4.96. The Balaban J connectivity index is 1.47. The van der Waals surface area contributed by atoms with E-state index in [0.717, 1.165) is 55.0 Å². The highest BCUT2D eigenvalue weighted by Crippen LogP contribution is 2.25. The van der Waals surface area contributed by atoms with Gasteiger partial charge in [-0.15, -0.1) is 0 Å². The SMILES string of the molecule is Cc1cc(C)c(S(=O)(=O)NC[C@@H](c2cccnc2)N2CCN(Cc3ccccc3)CC2)c(C)c1. The van der Waals surface area contributed by atoms with Gasteiger partial charge in [-0.1, -0.05) is 54.1 Å². The maximum Gasteiger partial charge on any atom is 0.241 e. The first kappa shape index (κ1) is 24.5. The Bertz CT molecular complexity index is 1170. The monoisotopic (exact) mass is 478 g/mol. The third kappa shape index (κ3) is 5.91. The maximum atomic E-state index is 13.3. The third-order valence-electron chi connectivity index (χ3n) is 6.51. The van der Waals surface area contributed by atoms with Crippen molar-refractivity contribution in [1.29, 1.82) is 0 Å². The van der Waals surface area contributed by atoms with Gasteiger partial charge in [0, 0.05) is 57.7 Å². The van der Waals surface area contributed by atoms with Crippen molar-refractivity contribution in [3.8, 4) is 0 Å². The van der Waals surface area contributed by atoms with Crippen LogP contribution in [0.4, 0.5) is 0 Å². The van der Waals surface area contributed by atoms with Crippen LogP contribution in [0.5, 0.6) is 0 Å². The van der Waals surface area contributed by atoms with E-state index in [4.69, 9.17) is 0 Å². The van der Waals surface area contributed by atoms with E-state index in [9.17, 15) is 8.42 Å². The first-order valence-corrected chi connectivity index (χ1v) is 13.3. The summed E-state index contributed by atoms with van der Waals surface area (Å²) >= 11 is 0. The van der Waals surface area contributed by atoms with Gasteiger partial charge in [-0.3, -0.25) is 14.8 Å². The van der Waals surface area contributed by atoms with Crippen molar-refractivity contribution in [3.05, 3.63) is 94.8 Å². The van der Waals surface area contributed by atoms with Gasteiger partial charge in [-0.05, 0) is 49.1 Å².